The van der Waals surface area contributed by atoms with Crippen molar-refractivity contribution in [2.75, 3.05) is 17.8 Å². The second-order valence-electron chi connectivity index (χ2n) is 4.18. The molecule has 21 heavy (non-hydrogen) atoms. The van der Waals surface area contributed by atoms with Crippen molar-refractivity contribution in [3.63, 3.8) is 0 Å². The van der Waals surface area contributed by atoms with Gasteiger partial charge in [0, 0.05) is 17.4 Å². The Balaban J connectivity index is 2.35. The van der Waals surface area contributed by atoms with Crippen molar-refractivity contribution in [3.8, 4) is 16.9 Å². The van der Waals surface area contributed by atoms with E-state index in [1.165, 1.54) is 30.6 Å². The van der Waals surface area contributed by atoms with Crippen LogP contribution in [0, 0.1) is 5.21 Å². The lowest BCUT2D eigenvalue weighted by Gasteiger charge is -2.16. The van der Waals surface area contributed by atoms with E-state index in [9.17, 15) is 18.4 Å². The number of hydrogen-bond acceptors (Lipinski definition) is 5. The number of aromatic nitrogens is 1. The molecule has 0 saturated heterocycles. The molecular weight excluding hydrogens is 287 g/mol. The summed E-state index contributed by atoms with van der Waals surface area (Å²) in [6.45, 7) is -1.42. The van der Waals surface area contributed by atoms with Crippen molar-refractivity contribution in [2.24, 2.45) is 0 Å². The Morgan fingerprint density at radius 3 is 2.71 bits per heavy atom. The largest absolute Gasteiger partial charge is 0.761 e. The number of hydrogen-bond donors (Lipinski definition) is 2. The van der Waals surface area contributed by atoms with Crippen LogP contribution in [0.5, 0.6) is 5.75 Å². The molecule has 1 aromatic heterocycles. The maximum Gasteiger partial charge on any atom is 0.422 e. The van der Waals surface area contributed by atoms with E-state index >= 15 is 0 Å². The first kappa shape index (κ1) is 14.9. The van der Waals surface area contributed by atoms with Crippen molar-refractivity contribution < 1.29 is 17.9 Å². The molecule has 0 aliphatic carbocycles. The van der Waals surface area contributed by atoms with Crippen molar-refractivity contribution in [1.29, 1.82) is 0 Å². The van der Waals surface area contributed by atoms with Crippen LogP contribution in [-0.2, 0) is 0 Å². The molecule has 0 saturated carbocycles. The van der Waals surface area contributed by atoms with Crippen LogP contribution in [-0.4, -0.2) is 17.8 Å². The van der Waals surface area contributed by atoms with Crippen molar-refractivity contribution in [2.45, 2.75) is 6.18 Å². The third-order valence-corrected chi connectivity index (χ3v) is 2.65. The summed E-state index contributed by atoms with van der Waals surface area (Å²) in [7, 11) is 0. The van der Waals surface area contributed by atoms with Gasteiger partial charge in [0.2, 0.25) is 0 Å². The van der Waals surface area contributed by atoms with Gasteiger partial charge < -0.3 is 21.2 Å². The topological polar surface area (TPSA) is 83.2 Å². The molecule has 0 radical (unpaired) electrons. The van der Waals surface area contributed by atoms with Gasteiger partial charge >= 0.3 is 6.18 Å². The van der Waals surface area contributed by atoms with Gasteiger partial charge in [-0.1, -0.05) is 6.07 Å². The van der Waals surface area contributed by atoms with Crippen LogP contribution in [0.4, 0.5) is 24.5 Å². The highest BCUT2D eigenvalue weighted by molar-refractivity contribution is 5.78. The summed E-state index contributed by atoms with van der Waals surface area (Å²) in [4.78, 5) is 3.74. The number of alkyl halides is 3. The van der Waals surface area contributed by atoms with Gasteiger partial charge in [0.15, 0.2) is 6.61 Å². The highest BCUT2D eigenvalue weighted by Crippen LogP contribution is 2.33. The summed E-state index contributed by atoms with van der Waals surface area (Å²) in [6.07, 6.45) is -1.85. The zero-order valence-corrected chi connectivity index (χ0v) is 10.6. The zero-order chi connectivity index (χ0) is 15.5. The first-order valence-corrected chi connectivity index (χ1v) is 5.82. The van der Waals surface area contributed by atoms with Crippen LogP contribution >= 0.6 is 0 Å². The molecule has 0 bridgehead atoms. The molecule has 112 valence electrons. The van der Waals surface area contributed by atoms with Gasteiger partial charge in [-0.2, -0.15) is 13.2 Å². The Morgan fingerprint density at radius 1 is 1.29 bits per heavy atom. The van der Waals surface area contributed by atoms with E-state index < -0.39 is 12.8 Å². The van der Waals surface area contributed by atoms with E-state index in [4.69, 9.17) is 10.5 Å². The van der Waals surface area contributed by atoms with Gasteiger partial charge in [-0.05, 0) is 23.8 Å². The first-order chi connectivity index (χ1) is 9.90. The van der Waals surface area contributed by atoms with Crippen molar-refractivity contribution >= 4 is 11.4 Å². The summed E-state index contributed by atoms with van der Waals surface area (Å²) in [5.74, 6) is -0.0311. The molecule has 0 amide bonds. The van der Waals surface area contributed by atoms with E-state index in [0.29, 0.717) is 11.1 Å². The zero-order valence-electron chi connectivity index (χ0n) is 10.6. The Labute approximate surface area is 118 Å². The van der Waals surface area contributed by atoms with E-state index in [2.05, 4.69) is 4.98 Å². The lowest BCUT2D eigenvalue weighted by molar-refractivity contribution is -0.153. The quantitative estimate of drug-likeness (QED) is 0.669. The average molecular weight is 298 g/mol. The standard InChI is InChI=1S/C13H11F3N3O2/c14-13(15,16)7-21-12-6-18-4-3-9(12)8-1-2-10(17)11(5-8)19-20/h1-6,19H,7,17H2/q-1. The lowest BCUT2D eigenvalue weighted by Crippen LogP contribution is -2.19. The van der Waals surface area contributed by atoms with Crippen LogP contribution < -0.4 is 16.0 Å². The maximum atomic E-state index is 12.2. The first-order valence-electron chi connectivity index (χ1n) is 5.82. The van der Waals surface area contributed by atoms with Crippen LogP contribution in [0.3, 0.4) is 0 Å². The summed E-state index contributed by atoms with van der Waals surface area (Å²) < 4.78 is 41.4. The van der Waals surface area contributed by atoms with Crippen LogP contribution in [0.15, 0.2) is 36.7 Å². The molecule has 0 atom stereocenters. The Kier molecular flexibility index (Phi) is 4.18. The number of rotatable bonds is 4. The normalized spacial score (nSPS) is 11.2. The minimum Gasteiger partial charge on any atom is -0.761 e. The van der Waals surface area contributed by atoms with E-state index in [1.807, 2.05) is 0 Å². The molecule has 0 fully saturated rings. The molecule has 2 rings (SSSR count). The highest BCUT2D eigenvalue weighted by atomic mass is 19.4. The van der Waals surface area contributed by atoms with Crippen molar-refractivity contribution in [1.82, 2.24) is 4.98 Å². The molecule has 1 heterocycles. The third-order valence-electron chi connectivity index (χ3n) is 2.65. The average Bonchev–Trinajstić information content (AvgIpc) is 2.45. The molecule has 0 aliphatic heterocycles. The van der Waals surface area contributed by atoms with Gasteiger partial charge in [-0.3, -0.25) is 4.98 Å². The van der Waals surface area contributed by atoms with E-state index in [0.717, 1.165) is 0 Å². The molecular formula is C13H11F3N3O2-. The second-order valence-corrected chi connectivity index (χ2v) is 4.18. The van der Waals surface area contributed by atoms with E-state index in [1.54, 1.807) is 11.5 Å². The fourth-order valence-corrected chi connectivity index (χ4v) is 1.71. The van der Waals surface area contributed by atoms with Gasteiger partial charge in [0.1, 0.15) is 5.75 Å². The molecule has 1 aromatic carbocycles. The number of pyridine rings is 1. The predicted octanol–water partition coefficient (Wildman–Crippen LogP) is 3.18. The van der Waals surface area contributed by atoms with Gasteiger partial charge in [0.05, 0.1) is 11.9 Å². The number of anilines is 2. The van der Waals surface area contributed by atoms with Crippen molar-refractivity contribution in [3.05, 3.63) is 41.9 Å². The van der Waals surface area contributed by atoms with Crippen LogP contribution in [0.1, 0.15) is 0 Å². The summed E-state index contributed by atoms with van der Waals surface area (Å²) >= 11 is 0. The number of nitrogens with two attached hydrogens (primary N) is 1. The third kappa shape index (κ3) is 3.76. The predicted molar refractivity (Wildman–Crippen MR) is 72.6 cm³/mol. The highest BCUT2D eigenvalue weighted by Gasteiger charge is 2.29. The maximum absolute atomic E-state index is 12.2. The minimum absolute atomic E-state index is 0.0311. The Morgan fingerprint density at radius 2 is 2.05 bits per heavy atom. The number of nitrogens with zero attached hydrogens (tertiary/aromatic N) is 1. The minimum atomic E-state index is -4.45. The molecule has 0 unspecified atom stereocenters. The smallest absolute Gasteiger partial charge is 0.422 e. The molecule has 3 N–H and O–H groups in total. The van der Waals surface area contributed by atoms with Crippen LogP contribution in [0.25, 0.3) is 11.1 Å². The summed E-state index contributed by atoms with van der Waals surface area (Å²) in [5, 5.41) is 10.8. The number of ether oxygens (including phenoxy) is 1. The summed E-state index contributed by atoms with van der Waals surface area (Å²) in [5.41, 5.74) is 8.48. The van der Waals surface area contributed by atoms with Gasteiger partial charge in [0.25, 0.3) is 0 Å². The molecule has 0 aliphatic rings. The summed E-state index contributed by atoms with van der Waals surface area (Å²) in [6, 6.07) is 5.97. The lowest BCUT2D eigenvalue weighted by atomic mass is 10.0. The number of halogens is 3. The molecule has 0 spiro atoms. The second kappa shape index (κ2) is 5.88. The molecule has 2 aromatic rings. The van der Waals surface area contributed by atoms with E-state index in [-0.39, 0.29) is 17.1 Å². The van der Waals surface area contributed by atoms with Crippen LogP contribution in [0.2, 0.25) is 0 Å². The molecule has 8 heteroatoms. The number of benzene rings is 1. The van der Waals surface area contributed by atoms with Gasteiger partial charge in [-0.25, -0.2) is 0 Å². The fourth-order valence-electron chi connectivity index (χ4n) is 1.71. The monoisotopic (exact) mass is 298 g/mol. The fraction of sp³-hybridized carbons (Fsp3) is 0.154. The molecule has 5 nitrogen and oxygen atoms in total. The number of nitrogen functional groups attached to an aromatic ring is 1. The Hall–Kier alpha value is -2.48. The Bertz CT molecular complexity index is 632. The SMILES string of the molecule is Nc1ccc(-c2ccncc2OCC(F)(F)F)cc1N[O-]. The van der Waals surface area contributed by atoms with Gasteiger partial charge in [-0.15, -0.1) is 0 Å². The number of nitrogens with one attached hydrogen (secondary N) is 1.